The minimum Gasteiger partial charge on any atom is -0.550 e. The maximum atomic E-state index is 11.3. The first kappa shape index (κ1) is 14.5. The van der Waals surface area contributed by atoms with E-state index in [4.69, 9.17) is 4.74 Å². The van der Waals surface area contributed by atoms with Crippen molar-refractivity contribution < 1.29 is 29.3 Å². The van der Waals surface area contributed by atoms with E-state index in [1.165, 1.54) is 0 Å². The van der Waals surface area contributed by atoms with E-state index in [1.807, 2.05) is 5.32 Å². The molecule has 1 rings (SSSR count). The quantitative estimate of drug-likeness (QED) is 0.646. The number of nitrogens with one attached hydrogen (secondary N) is 1. The zero-order valence-electron chi connectivity index (χ0n) is 9.83. The number of hydrogen-bond acceptors (Lipinski definition) is 6. The zero-order valence-corrected chi connectivity index (χ0v) is 9.83. The molecule has 1 N–H and O–H groups in total. The second kappa shape index (κ2) is 7.00. The van der Waals surface area contributed by atoms with Crippen molar-refractivity contribution in [3.63, 3.8) is 0 Å². The molecule has 19 heavy (non-hydrogen) atoms. The molecule has 102 valence electrons. The molecule has 0 aliphatic carbocycles. The van der Waals surface area contributed by atoms with E-state index in [9.17, 15) is 24.6 Å². The first-order valence-electron chi connectivity index (χ1n) is 5.37. The van der Waals surface area contributed by atoms with Crippen molar-refractivity contribution in [2.45, 2.75) is 19.1 Å². The molecule has 1 aromatic rings. The Balaban J connectivity index is 2.45. The fourth-order valence-corrected chi connectivity index (χ4v) is 1.27. The van der Waals surface area contributed by atoms with Gasteiger partial charge < -0.3 is 29.9 Å². The minimum absolute atomic E-state index is 0.0578. The minimum atomic E-state index is -1.72. The molecule has 0 unspecified atom stereocenters. The third-order valence-electron chi connectivity index (χ3n) is 2.16. The number of carboxylic acid groups (broad SMARTS) is 2. The molecule has 7 heteroatoms. The van der Waals surface area contributed by atoms with E-state index < -0.39 is 30.5 Å². The SMILES string of the molecule is O=C([O-])C[C@@H](NC(=O)OCc1ccccc1)C(=O)[O-]. The number of ether oxygens (including phenoxy) is 1. The van der Waals surface area contributed by atoms with E-state index in [2.05, 4.69) is 0 Å². The lowest BCUT2D eigenvalue weighted by Gasteiger charge is -2.19. The molecule has 0 heterocycles. The summed E-state index contributed by atoms with van der Waals surface area (Å²) >= 11 is 0. The third kappa shape index (κ3) is 5.53. The molecule has 0 saturated heterocycles. The van der Waals surface area contributed by atoms with Gasteiger partial charge in [-0.3, -0.25) is 0 Å². The maximum absolute atomic E-state index is 11.3. The maximum Gasteiger partial charge on any atom is 0.408 e. The monoisotopic (exact) mass is 265 g/mol. The molecule has 0 aliphatic heterocycles. The lowest BCUT2D eigenvalue weighted by atomic mass is 10.2. The molecule has 1 atom stereocenters. The van der Waals surface area contributed by atoms with Gasteiger partial charge in [0.2, 0.25) is 0 Å². The highest BCUT2D eigenvalue weighted by atomic mass is 16.5. The molecule has 0 saturated carbocycles. The van der Waals surface area contributed by atoms with E-state index in [0.717, 1.165) is 0 Å². The van der Waals surface area contributed by atoms with Crippen molar-refractivity contribution >= 4 is 18.0 Å². The molecule has 1 aromatic carbocycles. The largest absolute Gasteiger partial charge is 0.550 e. The van der Waals surface area contributed by atoms with Gasteiger partial charge in [0.15, 0.2) is 0 Å². The number of alkyl carbamates (subject to hydrolysis) is 1. The van der Waals surface area contributed by atoms with E-state index in [1.54, 1.807) is 30.3 Å². The van der Waals surface area contributed by atoms with Crippen LogP contribution in [0.3, 0.4) is 0 Å². The number of hydrogen-bond donors (Lipinski definition) is 1. The van der Waals surface area contributed by atoms with Gasteiger partial charge in [-0.2, -0.15) is 0 Å². The van der Waals surface area contributed by atoms with Gasteiger partial charge in [-0.05, 0) is 5.56 Å². The van der Waals surface area contributed by atoms with Gasteiger partial charge in [0.25, 0.3) is 0 Å². The van der Waals surface area contributed by atoms with Crippen LogP contribution < -0.4 is 15.5 Å². The molecular formula is C12H11NO6-2. The Morgan fingerprint density at radius 3 is 2.32 bits per heavy atom. The van der Waals surface area contributed by atoms with Crippen LogP contribution in [0.15, 0.2) is 30.3 Å². The average molecular weight is 265 g/mol. The summed E-state index contributed by atoms with van der Waals surface area (Å²) in [6.07, 6.45) is -1.93. The molecule has 0 aromatic heterocycles. The smallest absolute Gasteiger partial charge is 0.408 e. The highest BCUT2D eigenvalue weighted by molar-refractivity contribution is 5.82. The van der Waals surface area contributed by atoms with Gasteiger partial charge >= 0.3 is 6.09 Å². The normalized spacial score (nSPS) is 11.4. The molecule has 0 radical (unpaired) electrons. The lowest BCUT2D eigenvalue weighted by molar-refractivity contribution is -0.317. The third-order valence-corrected chi connectivity index (χ3v) is 2.16. The second-order valence-corrected chi connectivity index (χ2v) is 3.65. The number of carbonyl (C=O) groups excluding carboxylic acids is 3. The van der Waals surface area contributed by atoms with Crippen LogP contribution in [0, 0.1) is 0 Å². The predicted molar refractivity (Wildman–Crippen MR) is 58.2 cm³/mol. The van der Waals surface area contributed by atoms with Gasteiger partial charge in [0, 0.05) is 12.4 Å². The Bertz CT molecular complexity index is 459. The number of carboxylic acids is 2. The summed E-state index contributed by atoms with van der Waals surface area (Å²) in [6.45, 7) is -0.0578. The molecule has 0 spiro atoms. The van der Waals surface area contributed by atoms with Crippen LogP contribution in [0.2, 0.25) is 0 Å². The summed E-state index contributed by atoms with van der Waals surface area (Å²) in [5.41, 5.74) is 0.711. The molecule has 1 amide bonds. The predicted octanol–water partition coefficient (Wildman–Crippen LogP) is -1.83. The van der Waals surface area contributed by atoms with Gasteiger partial charge in [0.05, 0.1) is 12.0 Å². The van der Waals surface area contributed by atoms with Crippen LogP contribution in [-0.4, -0.2) is 24.1 Å². The van der Waals surface area contributed by atoms with Crippen molar-refractivity contribution in [2.24, 2.45) is 0 Å². The van der Waals surface area contributed by atoms with Gasteiger partial charge in [-0.1, -0.05) is 30.3 Å². The number of rotatable bonds is 6. The number of amides is 1. The Labute approximate surface area is 108 Å². The van der Waals surface area contributed by atoms with Gasteiger partial charge in [-0.15, -0.1) is 0 Å². The van der Waals surface area contributed by atoms with E-state index in [-0.39, 0.29) is 6.61 Å². The van der Waals surface area contributed by atoms with Crippen LogP contribution in [-0.2, 0) is 20.9 Å². The van der Waals surface area contributed by atoms with Crippen LogP contribution in [0.1, 0.15) is 12.0 Å². The van der Waals surface area contributed by atoms with Crippen LogP contribution >= 0.6 is 0 Å². The fourth-order valence-electron chi connectivity index (χ4n) is 1.27. The summed E-state index contributed by atoms with van der Waals surface area (Å²) < 4.78 is 4.74. The summed E-state index contributed by atoms with van der Waals surface area (Å²) in [5.74, 6) is -3.33. The van der Waals surface area contributed by atoms with Gasteiger partial charge in [-0.25, -0.2) is 4.79 Å². The first-order valence-corrected chi connectivity index (χ1v) is 5.37. The molecule has 7 nitrogen and oxygen atoms in total. The van der Waals surface area contributed by atoms with Crippen molar-refractivity contribution in [2.75, 3.05) is 0 Å². The van der Waals surface area contributed by atoms with E-state index in [0.29, 0.717) is 5.56 Å². The molecular weight excluding hydrogens is 254 g/mol. The van der Waals surface area contributed by atoms with Crippen molar-refractivity contribution in [3.05, 3.63) is 35.9 Å². The first-order chi connectivity index (χ1) is 8.99. The van der Waals surface area contributed by atoms with E-state index >= 15 is 0 Å². The van der Waals surface area contributed by atoms with Crippen molar-refractivity contribution in [1.29, 1.82) is 0 Å². The summed E-state index contributed by atoms with van der Waals surface area (Å²) in [7, 11) is 0. The Hall–Kier alpha value is -2.57. The number of carbonyl (C=O) groups is 3. The Morgan fingerprint density at radius 2 is 1.79 bits per heavy atom. The Morgan fingerprint density at radius 1 is 1.16 bits per heavy atom. The average Bonchev–Trinajstić information content (AvgIpc) is 2.36. The molecule has 0 fully saturated rings. The highest BCUT2D eigenvalue weighted by Gasteiger charge is 2.14. The lowest BCUT2D eigenvalue weighted by Crippen LogP contribution is -2.50. The standard InChI is InChI=1S/C12H13NO6/c14-10(15)6-9(11(16)17)13-12(18)19-7-8-4-2-1-3-5-8/h1-5,9H,6-7H2,(H,13,18)(H,14,15)(H,16,17)/p-2/t9-/m1/s1. The van der Waals surface area contributed by atoms with Crippen LogP contribution in [0.4, 0.5) is 4.79 Å². The fraction of sp³-hybridized carbons (Fsp3) is 0.250. The van der Waals surface area contributed by atoms with Gasteiger partial charge in [0.1, 0.15) is 6.61 Å². The zero-order chi connectivity index (χ0) is 14.3. The number of benzene rings is 1. The Kier molecular flexibility index (Phi) is 5.34. The van der Waals surface area contributed by atoms with Crippen molar-refractivity contribution in [3.8, 4) is 0 Å². The highest BCUT2D eigenvalue weighted by Crippen LogP contribution is 2.01. The molecule has 0 bridgehead atoms. The summed E-state index contributed by atoms with van der Waals surface area (Å²) in [5, 5.41) is 22.7. The van der Waals surface area contributed by atoms with Crippen molar-refractivity contribution in [1.82, 2.24) is 5.32 Å². The second-order valence-electron chi connectivity index (χ2n) is 3.65. The number of aliphatic carboxylic acids is 2. The molecule has 0 aliphatic rings. The van der Waals surface area contributed by atoms with Crippen LogP contribution in [0.5, 0.6) is 0 Å². The topological polar surface area (TPSA) is 119 Å². The summed E-state index contributed by atoms with van der Waals surface area (Å²) in [6, 6.07) is 7.02. The summed E-state index contributed by atoms with van der Waals surface area (Å²) in [4.78, 5) is 32.1. The van der Waals surface area contributed by atoms with Crippen LogP contribution in [0.25, 0.3) is 0 Å².